The van der Waals surface area contributed by atoms with E-state index in [2.05, 4.69) is 79.5 Å². The number of aliphatic hydroxyl groups excluding tert-OH is 1. The van der Waals surface area contributed by atoms with E-state index in [0.717, 1.165) is 52.9 Å². The third-order valence-corrected chi connectivity index (χ3v) is 10.6. The van der Waals surface area contributed by atoms with E-state index in [0.29, 0.717) is 42.7 Å². The number of fused-ring (bicyclic) bond motifs is 2. The first-order valence-corrected chi connectivity index (χ1v) is 17.9. The van der Waals surface area contributed by atoms with Gasteiger partial charge in [0, 0.05) is 50.5 Å². The molecule has 3 N–H and O–H groups in total. The Bertz CT molecular complexity index is 1590. The fraction of sp³-hybridized carbons (Fsp3) is 0.512. The van der Waals surface area contributed by atoms with E-state index >= 15 is 0 Å². The lowest BCUT2D eigenvalue weighted by Gasteiger charge is -2.41. The van der Waals surface area contributed by atoms with Crippen LogP contribution in [0.4, 0.5) is 0 Å². The zero-order chi connectivity index (χ0) is 34.6. The number of hydrogen-bond donors (Lipinski definition) is 3. The number of carbonyl (C=O) groups is 2. The molecule has 49 heavy (non-hydrogen) atoms. The molecule has 2 aliphatic heterocycles. The van der Waals surface area contributed by atoms with Crippen molar-refractivity contribution in [2.45, 2.75) is 110 Å². The Hall–Kier alpha value is -3.56. The fourth-order valence-corrected chi connectivity index (χ4v) is 8.63. The van der Waals surface area contributed by atoms with Gasteiger partial charge in [-0.05, 0) is 76.8 Å². The predicted octanol–water partition coefficient (Wildman–Crippen LogP) is 7.55. The van der Waals surface area contributed by atoms with Crippen molar-refractivity contribution >= 4 is 11.9 Å². The summed E-state index contributed by atoms with van der Waals surface area (Å²) in [5.74, 6) is -0.903. The second-order valence-corrected chi connectivity index (χ2v) is 15.7. The molecule has 3 fully saturated rings. The maximum atomic E-state index is 12.3. The Morgan fingerprint density at radius 3 is 2.35 bits per heavy atom. The molecule has 3 aromatic carbocycles. The number of aliphatic carboxylic acids is 1. The quantitative estimate of drug-likeness (QED) is 0.161. The average molecular weight is 669 g/mol. The molecular formula is C41H52N2O6. The number of rotatable bonds is 13. The minimum Gasteiger partial charge on any atom is -0.481 e. The van der Waals surface area contributed by atoms with Gasteiger partial charge in [0.1, 0.15) is 0 Å². The molecule has 2 unspecified atom stereocenters. The zero-order valence-electron chi connectivity index (χ0n) is 29.2. The van der Waals surface area contributed by atoms with Crippen LogP contribution >= 0.6 is 0 Å². The number of nitrogens with zero attached hydrogens (tertiary/aromatic N) is 1. The molecule has 0 aromatic heterocycles. The van der Waals surface area contributed by atoms with Gasteiger partial charge in [-0.25, -0.2) is 0 Å². The van der Waals surface area contributed by atoms with Crippen LogP contribution in [-0.2, 0) is 32.2 Å². The van der Waals surface area contributed by atoms with Crippen molar-refractivity contribution in [3.05, 3.63) is 95.1 Å². The van der Waals surface area contributed by atoms with Crippen LogP contribution in [0.3, 0.4) is 0 Å². The second kappa shape index (κ2) is 15.1. The number of unbranched alkanes of at least 4 members (excludes halogenated alkanes) is 1. The molecule has 3 aromatic rings. The fourth-order valence-electron chi connectivity index (χ4n) is 8.63. The van der Waals surface area contributed by atoms with E-state index in [9.17, 15) is 14.7 Å². The largest absolute Gasteiger partial charge is 0.481 e. The summed E-state index contributed by atoms with van der Waals surface area (Å²) in [7, 11) is 0. The highest BCUT2D eigenvalue weighted by Gasteiger charge is 2.50. The van der Waals surface area contributed by atoms with Crippen molar-refractivity contribution in [2.75, 3.05) is 13.1 Å². The van der Waals surface area contributed by atoms with Gasteiger partial charge >= 0.3 is 5.97 Å². The van der Waals surface area contributed by atoms with Gasteiger partial charge in [-0.15, -0.1) is 0 Å². The molecule has 1 amide bonds. The highest BCUT2D eigenvalue weighted by Crippen LogP contribution is 2.53. The van der Waals surface area contributed by atoms with Gasteiger partial charge in [0.05, 0.1) is 18.8 Å². The third-order valence-electron chi connectivity index (χ3n) is 10.6. The number of nitrogens with one attached hydrogen (secondary N) is 1. The first-order chi connectivity index (χ1) is 23.5. The topological polar surface area (TPSA) is 108 Å². The van der Waals surface area contributed by atoms with Crippen molar-refractivity contribution in [3.63, 3.8) is 0 Å². The molecule has 0 spiro atoms. The summed E-state index contributed by atoms with van der Waals surface area (Å²) in [6.45, 7) is 9.75. The Morgan fingerprint density at radius 2 is 1.61 bits per heavy atom. The average Bonchev–Trinajstić information content (AvgIpc) is 3.32. The summed E-state index contributed by atoms with van der Waals surface area (Å²) in [6.07, 6.45) is 5.42. The third kappa shape index (κ3) is 9.17. The molecular weight excluding hydrogens is 616 g/mol. The number of likely N-dealkylation sites (tertiary alicyclic amines) is 1. The van der Waals surface area contributed by atoms with Crippen molar-refractivity contribution in [2.24, 2.45) is 10.8 Å². The summed E-state index contributed by atoms with van der Waals surface area (Å²) in [5, 5.41) is 21.3. The minimum absolute atomic E-state index is 0.0195. The number of aliphatic hydroxyl groups is 1. The van der Waals surface area contributed by atoms with Crippen molar-refractivity contribution in [1.82, 2.24) is 10.2 Å². The van der Waals surface area contributed by atoms with Gasteiger partial charge in [-0.1, -0.05) is 87.5 Å². The molecule has 5 atom stereocenters. The molecule has 262 valence electrons. The van der Waals surface area contributed by atoms with E-state index < -0.39 is 12.3 Å². The summed E-state index contributed by atoms with van der Waals surface area (Å²) in [6, 6.07) is 25.2. The van der Waals surface area contributed by atoms with Crippen LogP contribution < -0.4 is 5.32 Å². The smallest absolute Gasteiger partial charge is 0.303 e. The molecule has 2 saturated heterocycles. The van der Waals surface area contributed by atoms with Crippen molar-refractivity contribution in [3.8, 4) is 11.1 Å². The molecule has 3 aliphatic rings. The molecule has 1 saturated carbocycles. The Kier molecular flexibility index (Phi) is 10.9. The standard InChI is InChI=1S/C41H52N2O6/c1-40(2)21-34-22-41(3,26-40)27-43(34)24-35-20-36(31-13-11-28(25-44)12-14-31)49-39(48-35)32-17-15-30(16-18-32)33-8-6-7-29(19-33)23-42-37(45)9-4-5-10-38(46)47/h6-8,11-19,34-36,39,44H,4-5,9-10,20-27H2,1-3H3,(H,42,45)(H,46,47)/t34?,35-,36+,39+,41?/m0/s1. The second-order valence-electron chi connectivity index (χ2n) is 15.7. The van der Waals surface area contributed by atoms with Crippen LogP contribution in [0.5, 0.6) is 0 Å². The van der Waals surface area contributed by atoms with E-state index in [4.69, 9.17) is 14.6 Å². The van der Waals surface area contributed by atoms with Gasteiger partial charge in [0.25, 0.3) is 0 Å². The number of carbonyl (C=O) groups excluding carboxylic acids is 1. The van der Waals surface area contributed by atoms with Crippen LogP contribution in [0.2, 0.25) is 0 Å². The first kappa shape index (κ1) is 35.3. The normalized spacial score (nSPS) is 26.4. The lowest BCUT2D eigenvalue weighted by Crippen LogP contribution is -2.42. The van der Waals surface area contributed by atoms with Crippen LogP contribution in [0.1, 0.15) is 107 Å². The molecule has 0 radical (unpaired) electrons. The molecule has 1 aliphatic carbocycles. The van der Waals surface area contributed by atoms with E-state index in [1.807, 2.05) is 24.3 Å². The Morgan fingerprint density at radius 1 is 0.878 bits per heavy atom. The summed E-state index contributed by atoms with van der Waals surface area (Å²) in [5.41, 5.74) is 6.81. The number of hydrogen-bond acceptors (Lipinski definition) is 6. The maximum absolute atomic E-state index is 12.3. The Balaban J connectivity index is 1.13. The first-order valence-electron chi connectivity index (χ1n) is 17.9. The number of carboxylic acids is 1. The van der Waals surface area contributed by atoms with Gasteiger partial charge in [0.2, 0.25) is 5.91 Å². The molecule has 2 bridgehead atoms. The van der Waals surface area contributed by atoms with Gasteiger partial charge in [0.15, 0.2) is 6.29 Å². The monoisotopic (exact) mass is 668 g/mol. The highest BCUT2D eigenvalue weighted by molar-refractivity contribution is 5.76. The number of carboxylic acid groups (broad SMARTS) is 1. The SMILES string of the molecule is CC1(C)CC2CC(C)(CN2C[C@@H]2C[C@H](c3ccc(CO)cc3)O[C@H](c3ccc(-c4cccc(CNC(=O)CCCCC(=O)O)c4)cc3)O2)C1. The van der Waals surface area contributed by atoms with Crippen molar-refractivity contribution < 1.29 is 29.3 Å². The van der Waals surface area contributed by atoms with Crippen LogP contribution in [0, 0.1) is 10.8 Å². The molecule has 6 rings (SSSR count). The maximum Gasteiger partial charge on any atom is 0.303 e. The summed E-state index contributed by atoms with van der Waals surface area (Å²) in [4.78, 5) is 25.6. The van der Waals surface area contributed by atoms with E-state index in [1.54, 1.807) is 0 Å². The van der Waals surface area contributed by atoms with E-state index in [1.165, 1.54) is 19.3 Å². The predicted molar refractivity (Wildman–Crippen MR) is 189 cm³/mol. The minimum atomic E-state index is -0.833. The zero-order valence-corrected chi connectivity index (χ0v) is 29.2. The Labute approximate surface area is 290 Å². The molecule has 8 heteroatoms. The number of amides is 1. The van der Waals surface area contributed by atoms with Gasteiger partial charge in [-0.2, -0.15) is 0 Å². The van der Waals surface area contributed by atoms with E-state index in [-0.39, 0.29) is 31.1 Å². The van der Waals surface area contributed by atoms with Crippen LogP contribution in [0.15, 0.2) is 72.8 Å². The lowest BCUT2D eigenvalue weighted by atomic mass is 9.65. The number of ether oxygens (including phenoxy) is 2. The number of benzene rings is 3. The van der Waals surface area contributed by atoms with Gasteiger partial charge < -0.3 is 25.0 Å². The lowest BCUT2D eigenvalue weighted by molar-refractivity contribution is -0.253. The van der Waals surface area contributed by atoms with Crippen LogP contribution in [-0.4, -0.2) is 52.2 Å². The highest BCUT2D eigenvalue weighted by atomic mass is 16.7. The molecule has 8 nitrogen and oxygen atoms in total. The summed E-state index contributed by atoms with van der Waals surface area (Å²) >= 11 is 0. The van der Waals surface area contributed by atoms with Crippen molar-refractivity contribution in [1.29, 1.82) is 0 Å². The molecule has 2 heterocycles. The van der Waals surface area contributed by atoms with Gasteiger partial charge in [-0.3, -0.25) is 14.5 Å². The summed E-state index contributed by atoms with van der Waals surface area (Å²) < 4.78 is 13.4. The van der Waals surface area contributed by atoms with Crippen LogP contribution in [0.25, 0.3) is 11.1 Å².